The molecule has 0 aromatic heterocycles. The summed E-state index contributed by atoms with van der Waals surface area (Å²) in [7, 11) is 1.72. The fourth-order valence-electron chi connectivity index (χ4n) is 2.11. The van der Waals surface area contributed by atoms with E-state index in [1.54, 1.807) is 7.11 Å². The minimum atomic E-state index is -0.364. The largest absolute Gasteiger partial charge is 0.463 e. The van der Waals surface area contributed by atoms with E-state index >= 15 is 0 Å². The third kappa shape index (κ3) is 21.1. The average Bonchev–Trinajstić information content (AvgIpc) is 2.66. The van der Waals surface area contributed by atoms with Gasteiger partial charge >= 0.3 is 5.97 Å². The molecule has 0 heterocycles. The fourth-order valence-corrected chi connectivity index (χ4v) is 2.11. The number of hydrogen-bond donors (Lipinski definition) is 0. The molecule has 0 aromatic carbocycles. The van der Waals surface area contributed by atoms with Gasteiger partial charge in [0.05, 0.1) is 6.61 Å². The van der Waals surface area contributed by atoms with Gasteiger partial charge in [0.25, 0.3) is 0 Å². The van der Waals surface area contributed by atoms with Crippen molar-refractivity contribution >= 4 is 5.97 Å². The van der Waals surface area contributed by atoms with E-state index in [2.05, 4.69) is 6.58 Å². The molecule has 0 rings (SSSR count). The molecule has 6 heteroatoms. The highest BCUT2D eigenvalue weighted by Crippen LogP contribution is 1.98. The number of ether oxygens (including phenoxy) is 5. The second kappa shape index (κ2) is 22.1. The van der Waals surface area contributed by atoms with E-state index in [1.165, 1.54) is 6.08 Å². The zero-order valence-electron chi connectivity index (χ0n) is 16.5. The standard InChI is InChI=1S/C20H38O6/c1-3-20(21)26-19-11-10-18-25-17-9-8-16-24-15-7-6-14-23-13-5-4-12-22-2/h3H,1,4-19H2,2H3. The quantitative estimate of drug-likeness (QED) is 0.174. The van der Waals surface area contributed by atoms with Gasteiger partial charge in [0, 0.05) is 59.4 Å². The Balaban J connectivity index is 3.01. The van der Waals surface area contributed by atoms with Crippen molar-refractivity contribution in [2.75, 3.05) is 60.0 Å². The summed E-state index contributed by atoms with van der Waals surface area (Å²) in [6.07, 6.45) is 9.15. The lowest BCUT2D eigenvalue weighted by atomic mass is 10.3. The zero-order chi connectivity index (χ0) is 19.1. The molecule has 0 aliphatic rings. The topological polar surface area (TPSA) is 63.2 Å². The molecule has 0 radical (unpaired) electrons. The van der Waals surface area contributed by atoms with E-state index in [4.69, 9.17) is 23.7 Å². The Kier molecular flexibility index (Phi) is 21.3. The van der Waals surface area contributed by atoms with Gasteiger partial charge in [-0.1, -0.05) is 6.58 Å². The molecule has 0 spiro atoms. The first-order valence-corrected chi connectivity index (χ1v) is 9.82. The van der Waals surface area contributed by atoms with Crippen LogP contribution >= 0.6 is 0 Å². The van der Waals surface area contributed by atoms with Crippen molar-refractivity contribution in [1.82, 2.24) is 0 Å². The van der Waals surface area contributed by atoms with Crippen molar-refractivity contribution in [3.05, 3.63) is 12.7 Å². The maximum atomic E-state index is 10.8. The number of unbranched alkanes of at least 4 members (excludes halogenated alkanes) is 4. The molecule has 0 saturated carbocycles. The predicted molar refractivity (Wildman–Crippen MR) is 102 cm³/mol. The van der Waals surface area contributed by atoms with Gasteiger partial charge in [-0.25, -0.2) is 4.79 Å². The lowest BCUT2D eigenvalue weighted by Gasteiger charge is -2.06. The van der Waals surface area contributed by atoms with Crippen molar-refractivity contribution in [2.24, 2.45) is 0 Å². The van der Waals surface area contributed by atoms with E-state index in [-0.39, 0.29) is 5.97 Å². The van der Waals surface area contributed by atoms with Gasteiger partial charge in [0.15, 0.2) is 0 Å². The number of hydrogen-bond acceptors (Lipinski definition) is 6. The second-order valence-electron chi connectivity index (χ2n) is 6.03. The summed E-state index contributed by atoms with van der Waals surface area (Å²) < 4.78 is 26.6. The summed E-state index contributed by atoms with van der Waals surface area (Å²) in [4.78, 5) is 10.8. The van der Waals surface area contributed by atoms with E-state index in [9.17, 15) is 4.79 Å². The van der Waals surface area contributed by atoms with Gasteiger partial charge in [-0.3, -0.25) is 0 Å². The Morgan fingerprint density at radius 3 is 1.35 bits per heavy atom. The molecule has 0 saturated heterocycles. The molecular weight excluding hydrogens is 336 g/mol. The molecule has 0 amide bonds. The highest BCUT2D eigenvalue weighted by Gasteiger charge is 1.96. The molecule has 0 fully saturated rings. The SMILES string of the molecule is C=CC(=O)OCCCCOCCCCOCCCCOCCCCOC. The van der Waals surface area contributed by atoms with Crippen LogP contribution < -0.4 is 0 Å². The van der Waals surface area contributed by atoms with Crippen molar-refractivity contribution in [3.8, 4) is 0 Å². The molecule has 154 valence electrons. The lowest BCUT2D eigenvalue weighted by molar-refractivity contribution is -0.137. The number of carbonyl (C=O) groups excluding carboxylic acids is 1. The van der Waals surface area contributed by atoms with Crippen LogP contribution in [0.1, 0.15) is 51.4 Å². The van der Waals surface area contributed by atoms with Crippen LogP contribution in [-0.4, -0.2) is 65.9 Å². The second-order valence-corrected chi connectivity index (χ2v) is 6.03. The van der Waals surface area contributed by atoms with Crippen LogP contribution in [-0.2, 0) is 28.5 Å². The summed E-state index contributed by atoms with van der Waals surface area (Å²) in [5.41, 5.74) is 0. The number of rotatable bonds is 21. The molecule has 0 aliphatic carbocycles. The van der Waals surface area contributed by atoms with Crippen LogP contribution in [0.25, 0.3) is 0 Å². The van der Waals surface area contributed by atoms with E-state index in [1.807, 2.05) is 0 Å². The third-order valence-electron chi connectivity index (χ3n) is 3.64. The Morgan fingerprint density at radius 1 is 0.654 bits per heavy atom. The first-order valence-electron chi connectivity index (χ1n) is 9.82. The summed E-state index contributed by atoms with van der Waals surface area (Å²) >= 11 is 0. The van der Waals surface area contributed by atoms with Crippen molar-refractivity contribution in [2.45, 2.75) is 51.4 Å². The van der Waals surface area contributed by atoms with Crippen LogP contribution in [0.4, 0.5) is 0 Å². The maximum absolute atomic E-state index is 10.8. The summed E-state index contributed by atoms with van der Waals surface area (Å²) in [6, 6.07) is 0. The number of esters is 1. The maximum Gasteiger partial charge on any atom is 0.330 e. The molecule has 0 N–H and O–H groups in total. The number of methoxy groups -OCH3 is 1. The monoisotopic (exact) mass is 374 g/mol. The average molecular weight is 375 g/mol. The summed E-state index contributed by atoms with van der Waals surface area (Å²) in [5.74, 6) is -0.364. The Labute approximate surface area is 159 Å². The summed E-state index contributed by atoms with van der Waals surface area (Å²) in [6.45, 7) is 9.29. The molecule has 6 nitrogen and oxygen atoms in total. The van der Waals surface area contributed by atoms with Crippen molar-refractivity contribution < 1.29 is 28.5 Å². The molecule has 0 aromatic rings. The van der Waals surface area contributed by atoms with Gasteiger partial charge in [-0.2, -0.15) is 0 Å². The minimum absolute atomic E-state index is 0.364. The van der Waals surface area contributed by atoms with E-state index < -0.39 is 0 Å². The Hall–Kier alpha value is -0.950. The van der Waals surface area contributed by atoms with Gasteiger partial charge in [-0.05, 0) is 51.4 Å². The Bertz CT molecular complexity index is 309. The van der Waals surface area contributed by atoms with Crippen LogP contribution in [0.3, 0.4) is 0 Å². The molecule has 0 aliphatic heterocycles. The Morgan fingerprint density at radius 2 is 1.00 bits per heavy atom. The van der Waals surface area contributed by atoms with E-state index in [0.717, 1.165) is 91.0 Å². The first-order chi connectivity index (χ1) is 12.8. The molecular formula is C20H38O6. The van der Waals surface area contributed by atoms with Crippen molar-refractivity contribution in [1.29, 1.82) is 0 Å². The number of carbonyl (C=O) groups is 1. The predicted octanol–water partition coefficient (Wildman–Crippen LogP) is 3.53. The van der Waals surface area contributed by atoms with Gasteiger partial charge in [0.1, 0.15) is 0 Å². The fraction of sp³-hybridized carbons (Fsp3) is 0.850. The summed E-state index contributed by atoms with van der Waals surface area (Å²) in [5, 5.41) is 0. The van der Waals surface area contributed by atoms with Crippen LogP contribution in [0, 0.1) is 0 Å². The molecule has 0 unspecified atom stereocenters. The normalized spacial score (nSPS) is 10.8. The zero-order valence-corrected chi connectivity index (χ0v) is 16.5. The van der Waals surface area contributed by atoms with Gasteiger partial charge in [-0.15, -0.1) is 0 Å². The van der Waals surface area contributed by atoms with Crippen LogP contribution in [0.15, 0.2) is 12.7 Å². The van der Waals surface area contributed by atoms with Crippen LogP contribution in [0.2, 0.25) is 0 Å². The minimum Gasteiger partial charge on any atom is -0.463 e. The van der Waals surface area contributed by atoms with Crippen molar-refractivity contribution in [3.63, 3.8) is 0 Å². The third-order valence-corrected chi connectivity index (χ3v) is 3.64. The molecule has 0 atom stereocenters. The highest BCUT2D eigenvalue weighted by molar-refractivity contribution is 5.81. The molecule has 26 heavy (non-hydrogen) atoms. The smallest absolute Gasteiger partial charge is 0.330 e. The van der Waals surface area contributed by atoms with Gasteiger partial charge < -0.3 is 23.7 Å². The first kappa shape index (κ1) is 25.1. The molecule has 0 bridgehead atoms. The lowest BCUT2D eigenvalue weighted by Crippen LogP contribution is -2.05. The van der Waals surface area contributed by atoms with E-state index in [0.29, 0.717) is 13.2 Å². The van der Waals surface area contributed by atoms with Gasteiger partial charge in [0.2, 0.25) is 0 Å². The highest BCUT2D eigenvalue weighted by atomic mass is 16.5. The van der Waals surface area contributed by atoms with Crippen LogP contribution in [0.5, 0.6) is 0 Å².